The van der Waals surface area contributed by atoms with Crippen LogP contribution in [0.15, 0.2) is 48.5 Å². The third-order valence-electron chi connectivity index (χ3n) is 4.20. The number of hydrogen-bond donors (Lipinski definition) is 3. The van der Waals surface area contributed by atoms with Gasteiger partial charge < -0.3 is 16.4 Å². The van der Waals surface area contributed by atoms with Crippen LogP contribution in [0.3, 0.4) is 0 Å². The minimum Gasteiger partial charge on any atom is -0.399 e. The molecule has 2 aromatic carbocycles. The third-order valence-corrected chi connectivity index (χ3v) is 4.20. The van der Waals surface area contributed by atoms with Crippen LogP contribution in [0.2, 0.25) is 0 Å². The lowest BCUT2D eigenvalue weighted by atomic mass is 10.1. The Balaban J connectivity index is 0.00000243. The van der Waals surface area contributed by atoms with Crippen molar-refractivity contribution < 1.29 is 9.59 Å². The van der Waals surface area contributed by atoms with Crippen molar-refractivity contribution in [2.24, 2.45) is 0 Å². The van der Waals surface area contributed by atoms with Gasteiger partial charge in [-0.3, -0.25) is 9.69 Å². The van der Waals surface area contributed by atoms with Gasteiger partial charge in [0.15, 0.2) is 0 Å². The van der Waals surface area contributed by atoms with Crippen molar-refractivity contribution in [3.63, 3.8) is 0 Å². The molecule has 1 fully saturated rings. The number of para-hydroxylation sites is 1. The molecule has 0 atom stereocenters. The number of carbonyl (C=O) groups is 2. The third kappa shape index (κ3) is 4.89. The second-order valence-electron chi connectivity index (χ2n) is 6.03. The van der Waals surface area contributed by atoms with Crippen LogP contribution < -0.4 is 21.3 Å². The van der Waals surface area contributed by atoms with Crippen LogP contribution in [0.5, 0.6) is 0 Å². The number of anilines is 3. The second-order valence-corrected chi connectivity index (χ2v) is 6.03. The van der Waals surface area contributed by atoms with E-state index in [-0.39, 0.29) is 24.3 Å². The van der Waals surface area contributed by atoms with E-state index in [4.69, 9.17) is 5.73 Å². The number of halogens is 1. The normalized spacial score (nSPS) is 13.5. The average Bonchev–Trinajstić information content (AvgIpc) is 2.62. The van der Waals surface area contributed by atoms with Gasteiger partial charge >= 0.3 is 6.03 Å². The summed E-state index contributed by atoms with van der Waals surface area (Å²) in [4.78, 5) is 25.8. The molecule has 0 unspecified atom stereocenters. The Hall–Kier alpha value is -2.73. The molecular formula is C19H23ClN4O2. The van der Waals surface area contributed by atoms with Gasteiger partial charge in [-0.25, -0.2) is 4.79 Å². The Morgan fingerprint density at radius 3 is 2.77 bits per heavy atom. The van der Waals surface area contributed by atoms with Gasteiger partial charge in [0.1, 0.15) is 0 Å². The molecule has 0 bridgehead atoms. The first-order valence-corrected chi connectivity index (χ1v) is 8.42. The van der Waals surface area contributed by atoms with E-state index in [0.29, 0.717) is 37.3 Å². The summed E-state index contributed by atoms with van der Waals surface area (Å²) in [6.45, 7) is 1.38. The van der Waals surface area contributed by atoms with E-state index in [1.807, 2.05) is 48.5 Å². The van der Waals surface area contributed by atoms with Gasteiger partial charge in [0.2, 0.25) is 5.91 Å². The maximum absolute atomic E-state index is 12.2. The van der Waals surface area contributed by atoms with Crippen molar-refractivity contribution in [3.05, 3.63) is 54.1 Å². The Labute approximate surface area is 159 Å². The van der Waals surface area contributed by atoms with Gasteiger partial charge in [-0.15, -0.1) is 12.4 Å². The van der Waals surface area contributed by atoms with Crippen molar-refractivity contribution in [1.82, 2.24) is 5.32 Å². The number of rotatable bonds is 5. The van der Waals surface area contributed by atoms with Crippen molar-refractivity contribution in [2.75, 3.05) is 29.0 Å². The number of nitrogens with two attached hydrogens (primary N) is 1. The SMILES string of the molecule is Cl.Nc1ccccc1CCC(=O)Nc1cccc(N2CCCNC2=O)c1. The summed E-state index contributed by atoms with van der Waals surface area (Å²) in [6.07, 6.45) is 1.84. The molecule has 6 nitrogen and oxygen atoms in total. The van der Waals surface area contributed by atoms with Crippen LogP contribution in [0.4, 0.5) is 21.9 Å². The molecule has 0 aromatic heterocycles. The largest absolute Gasteiger partial charge is 0.399 e. The molecule has 1 aliphatic rings. The van der Waals surface area contributed by atoms with E-state index in [0.717, 1.165) is 17.7 Å². The number of nitrogen functional groups attached to an aromatic ring is 1. The van der Waals surface area contributed by atoms with Crippen LogP contribution in [0, 0.1) is 0 Å². The number of urea groups is 1. The molecular weight excluding hydrogens is 352 g/mol. The molecule has 2 aromatic rings. The zero-order valence-corrected chi connectivity index (χ0v) is 15.2. The van der Waals surface area contributed by atoms with Crippen molar-refractivity contribution in [2.45, 2.75) is 19.3 Å². The molecule has 1 aliphatic heterocycles. The molecule has 138 valence electrons. The molecule has 26 heavy (non-hydrogen) atoms. The van der Waals surface area contributed by atoms with Crippen molar-refractivity contribution in [1.29, 1.82) is 0 Å². The number of carbonyl (C=O) groups excluding carboxylic acids is 2. The molecule has 7 heteroatoms. The number of amides is 3. The topological polar surface area (TPSA) is 87.5 Å². The monoisotopic (exact) mass is 374 g/mol. The molecule has 3 rings (SSSR count). The number of nitrogens with zero attached hydrogens (tertiary/aromatic N) is 1. The standard InChI is InChI=1S/C19H22N4O2.ClH/c20-17-8-2-1-5-14(17)9-10-18(24)22-15-6-3-7-16(13-15)23-12-4-11-21-19(23)25;/h1-3,5-8,13H,4,9-12,20H2,(H,21,25)(H,22,24);1H. The van der Waals surface area contributed by atoms with Crippen LogP contribution in [-0.4, -0.2) is 25.0 Å². The Bertz CT molecular complexity index is 782. The van der Waals surface area contributed by atoms with E-state index < -0.39 is 0 Å². The zero-order chi connectivity index (χ0) is 17.6. The minimum absolute atomic E-state index is 0. The van der Waals surface area contributed by atoms with Gasteiger partial charge in [0.25, 0.3) is 0 Å². The summed E-state index contributed by atoms with van der Waals surface area (Å²) in [7, 11) is 0. The quantitative estimate of drug-likeness (QED) is 0.702. The summed E-state index contributed by atoms with van der Waals surface area (Å²) in [6, 6.07) is 14.8. The maximum Gasteiger partial charge on any atom is 0.321 e. The van der Waals surface area contributed by atoms with Gasteiger partial charge in [0.05, 0.1) is 0 Å². The minimum atomic E-state index is -0.103. The summed E-state index contributed by atoms with van der Waals surface area (Å²) in [5.74, 6) is -0.0801. The highest BCUT2D eigenvalue weighted by molar-refractivity contribution is 5.95. The molecule has 1 heterocycles. The predicted molar refractivity (Wildman–Crippen MR) is 107 cm³/mol. The van der Waals surface area contributed by atoms with Gasteiger partial charge in [0, 0.05) is 36.6 Å². The molecule has 0 radical (unpaired) electrons. The van der Waals surface area contributed by atoms with Gasteiger partial charge in [-0.2, -0.15) is 0 Å². The number of nitrogens with one attached hydrogen (secondary N) is 2. The fraction of sp³-hybridized carbons (Fsp3) is 0.263. The lowest BCUT2D eigenvalue weighted by Crippen LogP contribution is -2.46. The summed E-state index contributed by atoms with van der Waals surface area (Å²) in [5.41, 5.74) is 9.03. The van der Waals surface area contributed by atoms with E-state index >= 15 is 0 Å². The molecule has 0 aliphatic carbocycles. The van der Waals surface area contributed by atoms with Crippen LogP contribution in [-0.2, 0) is 11.2 Å². The maximum atomic E-state index is 12.2. The second kappa shape index (κ2) is 9.10. The lowest BCUT2D eigenvalue weighted by Gasteiger charge is -2.27. The van der Waals surface area contributed by atoms with Crippen LogP contribution in [0.25, 0.3) is 0 Å². The number of hydrogen-bond acceptors (Lipinski definition) is 3. The fourth-order valence-electron chi connectivity index (χ4n) is 2.86. The Kier molecular flexibility index (Phi) is 6.86. The van der Waals surface area contributed by atoms with Crippen LogP contribution in [0.1, 0.15) is 18.4 Å². The van der Waals surface area contributed by atoms with Crippen LogP contribution >= 0.6 is 12.4 Å². The molecule has 4 N–H and O–H groups in total. The van der Waals surface area contributed by atoms with Crippen molar-refractivity contribution >= 4 is 41.4 Å². The van der Waals surface area contributed by atoms with E-state index in [9.17, 15) is 9.59 Å². The Morgan fingerprint density at radius 1 is 1.19 bits per heavy atom. The average molecular weight is 375 g/mol. The number of benzene rings is 2. The first-order valence-electron chi connectivity index (χ1n) is 8.42. The van der Waals surface area contributed by atoms with Gasteiger partial charge in [-0.05, 0) is 42.7 Å². The van der Waals surface area contributed by atoms with Gasteiger partial charge in [-0.1, -0.05) is 24.3 Å². The van der Waals surface area contributed by atoms with E-state index in [1.54, 1.807) is 4.90 Å². The summed E-state index contributed by atoms with van der Waals surface area (Å²) in [5, 5.41) is 5.71. The molecule has 3 amide bonds. The predicted octanol–water partition coefficient (Wildman–Crippen LogP) is 3.18. The molecule has 1 saturated heterocycles. The smallest absolute Gasteiger partial charge is 0.321 e. The first kappa shape index (κ1) is 19.6. The van der Waals surface area contributed by atoms with E-state index in [1.165, 1.54) is 0 Å². The highest BCUT2D eigenvalue weighted by Gasteiger charge is 2.19. The van der Waals surface area contributed by atoms with Crippen molar-refractivity contribution in [3.8, 4) is 0 Å². The highest BCUT2D eigenvalue weighted by Crippen LogP contribution is 2.21. The van der Waals surface area contributed by atoms with E-state index in [2.05, 4.69) is 10.6 Å². The first-order chi connectivity index (χ1) is 12.1. The highest BCUT2D eigenvalue weighted by atomic mass is 35.5. The molecule has 0 saturated carbocycles. The Morgan fingerprint density at radius 2 is 2.00 bits per heavy atom. The number of aryl methyl sites for hydroxylation is 1. The summed E-state index contributed by atoms with van der Waals surface area (Å²) >= 11 is 0. The lowest BCUT2D eigenvalue weighted by molar-refractivity contribution is -0.116. The molecule has 0 spiro atoms. The summed E-state index contributed by atoms with van der Waals surface area (Å²) < 4.78 is 0. The fourth-order valence-corrected chi connectivity index (χ4v) is 2.86. The zero-order valence-electron chi connectivity index (χ0n) is 14.4.